The predicted molar refractivity (Wildman–Crippen MR) is 72.1 cm³/mol. The molecule has 2 rings (SSSR count). The molecule has 90 valence electrons. The zero-order valence-corrected chi connectivity index (χ0v) is 10.9. The van der Waals surface area contributed by atoms with Gasteiger partial charge in [-0.1, -0.05) is 19.8 Å². The quantitative estimate of drug-likeness (QED) is 0.873. The van der Waals surface area contributed by atoms with E-state index in [4.69, 9.17) is 5.73 Å². The van der Waals surface area contributed by atoms with Gasteiger partial charge in [0.05, 0.1) is 0 Å². The van der Waals surface area contributed by atoms with Crippen LogP contribution in [0.2, 0.25) is 0 Å². The Balaban J connectivity index is 1.94. The number of thiophene rings is 1. The normalized spacial score (nSPS) is 26.0. The van der Waals surface area contributed by atoms with E-state index in [1.54, 1.807) is 11.3 Å². The van der Waals surface area contributed by atoms with E-state index in [9.17, 15) is 0 Å². The van der Waals surface area contributed by atoms with E-state index in [0.29, 0.717) is 6.04 Å². The number of nitrogens with zero attached hydrogens (tertiary/aromatic N) is 1. The maximum atomic E-state index is 6.16. The van der Waals surface area contributed by atoms with Crippen molar-refractivity contribution in [3.05, 3.63) is 16.8 Å². The van der Waals surface area contributed by atoms with Gasteiger partial charge in [0.25, 0.3) is 0 Å². The first-order valence-electron chi connectivity index (χ1n) is 6.32. The van der Waals surface area contributed by atoms with Crippen molar-refractivity contribution in [1.82, 2.24) is 0 Å². The van der Waals surface area contributed by atoms with Crippen LogP contribution in [0.5, 0.6) is 0 Å². The highest BCUT2D eigenvalue weighted by atomic mass is 32.1. The summed E-state index contributed by atoms with van der Waals surface area (Å²) in [6, 6.07) is 2.56. The van der Waals surface area contributed by atoms with Crippen molar-refractivity contribution in [2.75, 3.05) is 18.0 Å². The maximum absolute atomic E-state index is 6.16. The number of rotatable bonds is 4. The van der Waals surface area contributed by atoms with Crippen LogP contribution in [0.25, 0.3) is 0 Å². The van der Waals surface area contributed by atoms with Crippen molar-refractivity contribution in [2.24, 2.45) is 11.7 Å². The monoisotopic (exact) mass is 238 g/mol. The molecule has 16 heavy (non-hydrogen) atoms. The van der Waals surface area contributed by atoms with Gasteiger partial charge in [-0.05, 0) is 30.2 Å². The summed E-state index contributed by atoms with van der Waals surface area (Å²) in [4.78, 5) is 2.46. The summed E-state index contributed by atoms with van der Waals surface area (Å²) in [7, 11) is 0. The third-order valence-corrected chi connectivity index (χ3v) is 4.08. The van der Waals surface area contributed by atoms with Crippen LogP contribution in [-0.2, 0) is 0 Å². The van der Waals surface area contributed by atoms with Crippen LogP contribution in [0, 0.1) is 5.92 Å². The highest BCUT2D eigenvalue weighted by molar-refractivity contribution is 7.08. The fourth-order valence-electron chi connectivity index (χ4n) is 2.60. The summed E-state index contributed by atoms with van der Waals surface area (Å²) in [5.74, 6) is 0.795. The van der Waals surface area contributed by atoms with Crippen molar-refractivity contribution in [3.63, 3.8) is 0 Å². The number of nitrogens with two attached hydrogens (primary N) is 1. The number of piperidine rings is 1. The molecule has 1 saturated heterocycles. The third kappa shape index (κ3) is 2.98. The van der Waals surface area contributed by atoms with Gasteiger partial charge in [-0.15, -0.1) is 0 Å². The van der Waals surface area contributed by atoms with Crippen LogP contribution in [0.3, 0.4) is 0 Å². The van der Waals surface area contributed by atoms with Crippen molar-refractivity contribution in [2.45, 2.75) is 38.6 Å². The molecule has 2 heterocycles. The van der Waals surface area contributed by atoms with Gasteiger partial charge in [-0.3, -0.25) is 0 Å². The van der Waals surface area contributed by atoms with Crippen LogP contribution in [0.1, 0.15) is 32.6 Å². The molecular weight excluding hydrogens is 216 g/mol. The molecule has 3 heteroatoms. The lowest BCUT2D eigenvalue weighted by molar-refractivity contribution is 0.350. The highest BCUT2D eigenvalue weighted by Crippen LogP contribution is 2.27. The molecule has 0 aliphatic carbocycles. The Kier molecular flexibility index (Phi) is 4.24. The molecule has 0 saturated carbocycles. The van der Waals surface area contributed by atoms with Crippen LogP contribution in [-0.4, -0.2) is 19.1 Å². The van der Waals surface area contributed by atoms with Gasteiger partial charge in [-0.2, -0.15) is 11.3 Å². The lowest BCUT2D eigenvalue weighted by atomic mass is 9.90. The van der Waals surface area contributed by atoms with Gasteiger partial charge >= 0.3 is 0 Å². The molecule has 0 spiro atoms. The van der Waals surface area contributed by atoms with E-state index in [1.807, 2.05) is 0 Å². The molecule has 2 N–H and O–H groups in total. The van der Waals surface area contributed by atoms with Gasteiger partial charge in [0.2, 0.25) is 0 Å². The molecule has 1 fully saturated rings. The summed E-state index contributed by atoms with van der Waals surface area (Å²) in [6.07, 6.45) is 5.19. The molecule has 1 aliphatic rings. The fourth-order valence-corrected chi connectivity index (χ4v) is 3.26. The molecule has 0 aromatic carbocycles. The van der Waals surface area contributed by atoms with E-state index < -0.39 is 0 Å². The summed E-state index contributed by atoms with van der Waals surface area (Å²) < 4.78 is 0. The largest absolute Gasteiger partial charge is 0.369 e. The molecular formula is C13H22N2S. The Hall–Kier alpha value is -0.540. The molecule has 2 atom stereocenters. The van der Waals surface area contributed by atoms with Gasteiger partial charge < -0.3 is 10.6 Å². The molecule has 1 aliphatic heterocycles. The number of anilines is 1. The Bertz CT molecular complexity index is 297. The molecule has 1 aromatic rings. The first kappa shape index (κ1) is 11.9. The Morgan fingerprint density at radius 1 is 1.50 bits per heavy atom. The molecule has 0 amide bonds. The predicted octanol–water partition coefficient (Wildman–Crippen LogP) is 3.09. The second kappa shape index (κ2) is 5.69. The second-order valence-corrected chi connectivity index (χ2v) is 5.67. The van der Waals surface area contributed by atoms with Crippen molar-refractivity contribution in [1.29, 1.82) is 0 Å². The van der Waals surface area contributed by atoms with Crippen LogP contribution in [0.4, 0.5) is 5.69 Å². The number of hydrogen-bond donors (Lipinski definition) is 1. The van der Waals surface area contributed by atoms with Crippen LogP contribution < -0.4 is 10.6 Å². The van der Waals surface area contributed by atoms with Crippen LogP contribution in [0.15, 0.2) is 16.8 Å². The lowest BCUT2D eigenvalue weighted by Gasteiger charge is -2.37. The van der Waals surface area contributed by atoms with Crippen molar-refractivity contribution < 1.29 is 0 Å². The van der Waals surface area contributed by atoms with E-state index in [1.165, 1.54) is 37.9 Å². The average molecular weight is 238 g/mol. The second-order valence-electron chi connectivity index (χ2n) is 4.89. The molecule has 1 aromatic heterocycles. The standard InChI is InChI=1S/C13H22N2S/c1-2-3-4-11-7-12(14)9-15(8-11)13-5-6-16-10-13/h5-6,10-12H,2-4,7-9,14H2,1H3. The maximum Gasteiger partial charge on any atom is 0.0475 e. The smallest absolute Gasteiger partial charge is 0.0475 e. The molecule has 2 unspecified atom stereocenters. The minimum absolute atomic E-state index is 0.357. The van der Waals surface area contributed by atoms with Gasteiger partial charge in [0.1, 0.15) is 0 Å². The number of unbranched alkanes of at least 4 members (excludes halogenated alkanes) is 1. The minimum atomic E-state index is 0.357. The minimum Gasteiger partial charge on any atom is -0.369 e. The fraction of sp³-hybridized carbons (Fsp3) is 0.692. The van der Waals surface area contributed by atoms with Crippen molar-refractivity contribution >= 4 is 17.0 Å². The Morgan fingerprint density at radius 2 is 2.38 bits per heavy atom. The SMILES string of the molecule is CCCCC1CC(N)CN(c2ccsc2)C1. The van der Waals surface area contributed by atoms with Crippen LogP contribution >= 0.6 is 11.3 Å². The molecule has 2 nitrogen and oxygen atoms in total. The topological polar surface area (TPSA) is 29.3 Å². The van der Waals surface area contributed by atoms with E-state index in [-0.39, 0.29) is 0 Å². The number of hydrogen-bond acceptors (Lipinski definition) is 3. The average Bonchev–Trinajstić information content (AvgIpc) is 2.79. The van der Waals surface area contributed by atoms with E-state index >= 15 is 0 Å². The summed E-state index contributed by atoms with van der Waals surface area (Å²) in [6.45, 7) is 4.49. The molecule has 0 radical (unpaired) electrons. The summed E-state index contributed by atoms with van der Waals surface area (Å²) in [5.41, 5.74) is 7.52. The lowest BCUT2D eigenvalue weighted by Crippen LogP contribution is -2.47. The van der Waals surface area contributed by atoms with E-state index in [0.717, 1.165) is 12.5 Å². The summed E-state index contributed by atoms with van der Waals surface area (Å²) in [5, 5.41) is 4.38. The van der Waals surface area contributed by atoms with Gasteiger partial charge in [0.15, 0.2) is 0 Å². The van der Waals surface area contributed by atoms with Gasteiger partial charge in [-0.25, -0.2) is 0 Å². The first-order valence-corrected chi connectivity index (χ1v) is 7.26. The highest BCUT2D eigenvalue weighted by Gasteiger charge is 2.24. The Labute approximate surface area is 102 Å². The zero-order chi connectivity index (χ0) is 11.4. The molecule has 0 bridgehead atoms. The first-order chi connectivity index (χ1) is 7.79. The Morgan fingerprint density at radius 3 is 3.06 bits per heavy atom. The summed E-state index contributed by atoms with van der Waals surface area (Å²) >= 11 is 1.77. The van der Waals surface area contributed by atoms with Gasteiger partial charge in [0, 0.05) is 30.2 Å². The zero-order valence-electron chi connectivity index (χ0n) is 10.1. The third-order valence-electron chi connectivity index (χ3n) is 3.41. The van der Waals surface area contributed by atoms with E-state index in [2.05, 4.69) is 28.7 Å². The van der Waals surface area contributed by atoms with Crippen molar-refractivity contribution in [3.8, 4) is 0 Å².